The molecule has 0 radical (unpaired) electrons. The summed E-state index contributed by atoms with van der Waals surface area (Å²) < 4.78 is 51.0. The van der Waals surface area contributed by atoms with E-state index in [0.717, 1.165) is 22.2 Å². The van der Waals surface area contributed by atoms with Crippen LogP contribution in [0.25, 0.3) is 22.2 Å². The van der Waals surface area contributed by atoms with E-state index in [1.165, 1.54) is 0 Å². The predicted octanol–water partition coefficient (Wildman–Crippen LogP) is 2.73. The standard InChI is InChI=1S/C19H20F3N5O2S/c20-19(21,22)12-25-16(28)8-18(3-6-30(29)7-4-18)27-11-13(9-26-27)15-10-24-17-14(15)2-1-5-23-17/h1-2,5,9-11H,3-4,6-8,12H2,(H,23,24)(H,25,28). The lowest BCUT2D eigenvalue weighted by molar-refractivity contribution is -0.139. The minimum absolute atomic E-state index is 0.156. The number of nitrogens with one attached hydrogen (secondary N) is 2. The van der Waals surface area contributed by atoms with Gasteiger partial charge in [-0.15, -0.1) is 0 Å². The minimum atomic E-state index is -4.47. The highest BCUT2D eigenvalue weighted by atomic mass is 32.2. The fourth-order valence-electron chi connectivity index (χ4n) is 3.80. The number of halogens is 3. The number of rotatable bonds is 5. The summed E-state index contributed by atoms with van der Waals surface area (Å²) in [5.74, 6) is 0.0469. The second-order valence-corrected chi connectivity index (χ2v) is 9.11. The number of carbonyl (C=O) groups is 1. The monoisotopic (exact) mass is 439 g/mol. The van der Waals surface area contributed by atoms with Crippen LogP contribution in [-0.4, -0.2) is 54.1 Å². The van der Waals surface area contributed by atoms with Crippen molar-refractivity contribution in [1.29, 1.82) is 0 Å². The molecule has 3 aromatic rings. The maximum Gasteiger partial charge on any atom is 0.405 e. The second kappa shape index (κ2) is 7.86. The van der Waals surface area contributed by atoms with E-state index in [9.17, 15) is 22.2 Å². The first-order valence-electron chi connectivity index (χ1n) is 9.42. The summed E-state index contributed by atoms with van der Waals surface area (Å²) in [6.07, 6.45) is 3.12. The predicted molar refractivity (Wildman–Crippen MR) is 106 cm³/mol. The van der Waals surface area contributed by atoms with Gasteiger partial charge in [0.1, 0.15) is 12.2 Å². The number of aromatic nitrogens is 4. The summed E-state index contributed by atoms with van der Waals surface area (Å²) in [6.45, 7) is -1.37. The Hall–Kier alpha value is -2.69. The van der Waals surface area contributed by atoms with Gasteiger partial charge >= 0.3 is 6.18 Å². The zero-order valence-electron chi connectivity index (χ0n) is 15.9. The molecule has 3 aromatic heterocycles. The Bertz CT molecular complexity index is 1080. The number of alkyl halides is 3. The first-order valence-corrected chi connectivity index (χ1v) is 10.9. The molecule has 7 nitrogen and oxygen atoms in total. The van der Waals surface area contributed by atoms with Gasteiger partial charge in [0.05, 0.1) is 18.2 Å². The van der Waals surface area contributed by atoms with Crippen LogP contribution in [0.5, 0.6) is 0 Å². The smallest absolute Gasteiger partial charge is 0.347 e. The Morgan fingerprint density at radius 2 is 2.10 bits per heavy atom. The summed E-state index contributed by atoms with van der Waals surface area (Å²) in [7, 11) is -1.00. The second-order valence-electron chi connectivity index (χ2n) is 7.42. The number of hydrogen-bond acceptors (Lipinski definition) is 4. The lowest BCUT2D eigenvalue weighted by atomic mass is 9.88. The number of nitrogens with zero attached hydrogens (tertiary/aromatic N) is 3. The topological polar surface area (TPSA) is 92.7 Å². The molecule has 4 heterocycles. The molecule has 0 atom stereocenters. The molecule has 1 amide bonds. The Morgan fingerprint density at radius 1 is 1.33 bits per heavy atom. The molecule has 0 aromatic carbocycles. The largest absolute Gasteiger partial charge is 0.405 e. The van der Waals surface area contributed by atoms with E-state index >= 15 is 0 Å². The van der Waals surface area contributed by atoms with Gasteiger partial charge in [-0.3, -0.25) is 13.7 Å². The van der Waals surface area contributed by atoms with E-state index in [2.05, 4.69) is 15.1 Å². The number of H-pyrrole nitrogens is 1. The van der Waals surface area contributed by atoms with Crippen molar-refractivity contribution in [1.82, 2.24) is 25.1 Å². The molecule has 0 saturated carbocycles. The lowest BCUT2D eigenvalue weighted by Gasteiger charge is -2.36. The lowest BCUT2D eigenvalue weighted by Crippen LogP contribution is -2.46. The van der Waals surface area contributed by atoms with Gasteiger partial charge in [-0.1, -0.05) is 0 Å². The van der Waals surface area contributed by atoms with Crippen LogP contribution in [0.3, 0.4) is 0 Å². The molecule has 1 fully saturated rings. The average Bonchev–Trinajstić information content (AvgIpc) is 3.35. The van der Waals surface area contributed by atoms with Crippen LogP contribution in [0, 0.1) is 0 Å². The van der Waals surface area contributed by atoms with Crippen molar-refractivity contribution >= 4 is 27.7 Å². The molecule has 1 aliphatic rings. The molecule has 1 aliphatic heterocycles. The first-order chi connectivity index (χ1) is 14.3. The van der Waals surface area contributed by atoms with Gasteiger partial charge in [-0.25, -0.2) is 4.98 Å². The third-order valence-electron chi connectivity index (χ3n) is 5.40. The van der Waals surface area contributed by atoms with Crippen LogP contribution in [0.2, 0.25) is 0 Å². The van der Waals surface area contributed by atoms with Crippen LogP contribution in [0.1, 0.15) is 19.3 Å². The van der Waals surface area contributed by atoms with E-state index in [4.69, 9.17) is 0 Å². The van der Waals surface area contributed by atoms with Crippen molar-refractivity contribution in [3.05, 3.63) is 36.9 Å². The maximum atomic E-state index is 12.5. The molecular formula is C19H20F3N5O2S. The van der Waals surface area contributed by atoms with E-state index in [-0.39, 0.29) is 6.42 Å². The summed E-state index contributed by atoms with van der Waals surface area (Å²) in [6, 6.07) is 3.75. The van der Waals surface area contributed by atoms with Crippen LogP contribution in [0.15, 0.2) is 36.9 Å². The summed E-state index contributed by atoms with van der Waals surface area (Å²) in [5, 5.41) is 7.30. The summed E-state index contributed by atoms with van der Waals surface area (Å²) in [5.41, 5.74) is 1.61. The highest BCUT2D eigenvalue weighted by Gasteiger charge is 2.40. The van der Waals surface area contributed by atoms with Crippen molar-refractivity contribution in [2.24, 2.45) is 0 Å². The molecule has 0 aliphatic carbocycles. The van der Waals surface area contributed by atoms with Gasteiger partial charge in [0.2, 0.25) is 5.91 Å². The Labute approximate surface area is 172 Å². The Balaban J connectivity index is 1.62. The fourth-order valence-corrected chi connectivity index (χ4v) is 5.22. The van der Waals surface area contributed by atoms with Crippen LogP contribution in [-0.2, 0) is 21.1 Å². The number of aromatic amines is 1. The molecule has 0 bridgehead atoms. The number of hydrogen-bond donors (Lipinski definition) is 2. The first kappa shape index (κ1) is 20.6. The molecule has 0 unspecified atom stereocenters. The third kappa shape index (κ3) is 4.25. The van der Waals surface area contributed by atoms with Crippen LogP contribution < -0.4 is 5.32 Å². The van der Waals surface area contributed by atoms with Crippen molar-refractivity contribution < 1.29 is 22.2 Å². The van der Waals surface area contributed by atoms with Gasteiger partial charge < -0.3 is 10.3 Å². The molecule has 2 N–H and O–H groups in total. The molecule has 4 rings (SSSR count). The molecular weight excluding hydrogens is 419 g/mol. The van der Waals surface area contributed by atoms with E-state index in [0.29, 0.717) is 24.3 Å². The average molecular weight is 439 g/mol. The number of carbonyl (C=O) groups excluding carboxylic acids is 1. The van der Waals surface area contributed by atoms with Gasteiger partial charge in [0.25, 0.3) is 0 Å². The van der Waals surface area contributed by atoms with Gasteiger partial charge in [-0.2, -0.15) is 18.3 Å². The molecule has 0 spiro atoms. The SMILES string of the molecule is O=C(CC1(n2cc(-c3c[nH]c4ncccc34)cn2)CCS(=O)CC1)NCC(F)(F)F. The summed E-state index contributed by atoms with van der Waals surface area (Å²) >= 11 is 0. The molecule has 11 heteroatoms. The maximum absolute atomic E-state index is 12.5. The normalized spacial score (nSPS) is 22.3. The van der Waals surface area contributed by atoms with Gasteiger partial charge in [0.15, 0.2) is 0 Å². The van der Waals surface area contributed by atoms with Gasteiger partial charge in [0, 0.05) is 57.4 Å². The van der Waals surface area contributed by atoms with Crippen molar-refractivity contribution in [2.45, 2.75) is 31.0 Å². The fraction of sp³-hybridized carbons (Fsp3) is 0.421. The van der Waals surface area contributed by atoms with Crippen molar-refractivity contribution in [3.63, 3.8) is 0 Å². The Kier molecular flexibility index (Phi) is 5.39. The number of amides is 1. The van der Waals surface area contributed by atoms with Crippen molar-refractivity contribution in [3.8, 4) is 11.1 Å². The summed E-state index contributed by atoms with van der Waals surface area (Å²) in [4.78, 5) is 19.6. The number of fused-ring (bicyclic) bond motifs is 1. The zero-order valence-corrected chi connectivity index (χ0v) is 16.7. The molecule has 30 heavy (non-hydrogen) atoms. The minimum Gasteiger partial charge on any atom is -0.347 e. The molecule has 1 saturated heterocycles. The Morgan fingerprint density at radius 3 is 2.83 bits per heavy atom. The third-order valence-corrected chi connectivity index (χ3v) is 6.72. The number of pyridine rings is 1. The van der Waals surface area contributed by atoms with Crippen LogP contribution in [0.4, 0.5) is 13.2 Å². The highest BCUT2D eigenvalue weighted by Crippen LogP contribution is 2.36. The zero-order chi connectivity index (χ0) is 21.4. The van der Waals surface area contributed by atoms with Crippen molar-refractivity contribution in [2.75, 3.05) is 18.1 Å². The van der Waals surface area contributed by atoms with Gasteiger partial charge in [-0.05, 0) is 25.0 Å². The molecule has 160 valence electrons. The van der Waals surface area contributed by atoms with Crippen LogP contribution >= 0.6 is 0 Å². The van der Waals surface area contributed by atoms with E-state index in [1.807, 2.05) is 23.6 Å². The van der Waals surface area contributed by atoms with E-state index < -0.39 is 35.0 Å². The highest BCUT2D eigenvalue weighted by molar-refractivity contribution is 7.85. The quantitative estimate of drug-likeness (QED) is 0.639. The van der Waals surface area contributed by atoms with E-state index in [1.54, 1.807) is 23.3 Å².